The van der Waals surface area contributed by atoms with Gasteiger partial charge in [-0.1, -0.05) is 23.2 Å². The molecule has 4 rings (SSSR count). The van der Waals surface area contributed by atoms with Crippen LogP contribution in [0.3, 0.4) is 0 Å². The Bertz CT molecular complexity index is 1170. The van der Waals surface area contributed by atoms with Crippen LogP contribution in [0, 0.1) is 0 Å². The lowest BCUT2D eigenvalue weighted by Gasteiger charge is -2.32. The monoisotopic (exact) mass is 459 g/mol. The number of nitrogens with zero attached hydrogens (tertiary/aromatic N) is 2. The summed E-state index contributed by atoms with van der Waals surface area (Å²) < 4.78 is 32.6. The van der Waals surface area contributed by atoms with Crippen LogP contribution in [0.15, 0.2) is 64.0 Å². The van der Waals surface area contributed by atoms with Crippen molar-refractivity contribution >= 4 is 33.2 Å². The van der Waals surface area contributed by atoms with Crippen LogP contribution in [0.2, 0.25) is 5.02 Å². The molecule has 1 amide bonds. The van der Waals surface area contributed by atoms with Gasteiger partial charge >= 0.3 is 0 Å². The number of aromatic nitrogens is 1. The molecule has 2 aromatic carbocycles. The Morgan fingerprint density at radius 3 is 2.52 bits per heavy atom. The third kappa shape index (κ3) is 4.66. The average Bonchev–Trinajstić information content (AvgIpc) is 3.25. The Hall–Kier alpha value is -2.68. The highest BCUT2D eigenvalue weighted by atomic mass is 35.5. The first-order valence-corrected chi connectivity index (χ1v) is 11.8. The van der Waals surface area contributed by atoms with E-state index in [1.54, 1.807) is 40.7 Å². The van der Waals surface area contributed by atoms with Crippen molar-refractivity contribution in [1.82, 2.24) is 9.46 Å². The van der Waals surface area contributed by atoms with Crippen LogP contribution in [0.25, 0.3) is 11.3 Å². The molecule has 1 fully saturated rings. The molecule has 1 atom stereocenters. The fourth-order valence-electron chi connectivity index (χ4n) is 3.60. The van der Waals surface area contributed by atoms with Gasteiger partial charge < -0.3 is 9.84 Å². The molecule has 0 radical (unpaired) electrons. The van der Waals surface area contributed by atoms with Crippen molar-refractivity contribution in [3.63, 3.8) is 0 Å². The van der Waals surface area contributed by atoms with Gasteiger partial charge in [0.05, 0.1) is 4.90 Å². The van der Waals surface area contributed by atoms with Gasteiger partial charge in [-0.15, -0.1) is 0 Å². The summed E-state index contributed by atoms with van der Waals surface area (Å²) in [6.07, 6.45) is 2.77. The summed E-state index contributed by atoms with van der Waals surface area (Å²) in [6, 6.07) is 14.7. The van der Waals surface area contributed by atoms with E-state index in [0.717, 1.165) is 24.8 Å². The van der Waals surface area contributed by atoms with Crippen molar-refractivity contribution in [2.75, 3.05) is 11.9 Å². The number of amides is 1. The lowest BCUT2D eigenvalue weighted by molar-refractivity contribution is 0.101. The molecule has 3 aromatic rings. The second kappa shape index (κ2) is 8.82. The highest BCUT2D eigenvalue weighted by Gasteiger charge is 2.30. The maximum Gasteiger partial charge on any atom is 0.277 e. The standard InChI is InChI=1S/C22H22ClN3O4S/c1-15-4-2-3-13-26(15)31(28,29)19-11-9-18(10-12-19)24-22(27)20-14-21(30-25-20)16-5-7-17(23)8-6-16/h5-12,14-15H,2-4,13H2,1H3,(H,24,27). The van der Waals surface area contributed by atoms with Crippen LogP contribution < -0.4 is 5.32 Å². The van der Waals surface area contributed by atoms with Gasteiger partial charge in [0.1, 0.15) is 0 Å². The summed E-state index contributed by atoms with van der Waals surface area (Å²) >= 11 is 5.88. The number of carbonyl (C=O) groups is 1. The zero-order valence-electron chi connectivity index (χ0n) is 16.9. The van der Waals surface area contributed by atoms with E-state index in [-0.39, 0.29) is 16.6 Å². The fourth-order valence-corrected chi connectivity index (χ4v) is 5.43. The normalized spacial score (nSPS) is 17.4. The van der Waals surface area contributed by atoms with Crippen molar-refractivity contribution in [1.29, 1.82) is 0 Å². The number of rotatable bonds is 5. The molecule has 1 aliphatic heterocycles. The Kier molecular flexibility index (Phi) is 6.13. The van der Waals surface area contributed by atoms with Crippen molar-refractivity contribution in [3.8, 4) is 11.3 Å². The average molecular weight is 460 g/mol. The van der Waals surface area contributed by atoms with Crippen LogP contribution in [0.4, 0.5) is 5.69 Å². The molecule has 1 aromatic heterocycles. The van der Waals surface area contributed by atoms with Crippen molar-refractivity contribution in [3.05, 3.63) is 65.3 Å². The molecular weight excluding hydrogens is 438 g/mol. The van der Waals surface area contributed by atoms with E-state index in [2.05, 4.69) is 10.5 Å². The van der Waals surface area contributed by atoms with Crippen molar-refractivity contribution in [2.24, 2.45) is 0 Å². The predicted octanol–water partition coefficient (Wildman–Crippen LogP) is 4.81. The molecule has 0 aliphatic carbocycles. The van der Waals surface area contributed by atoms with Crippen molar-refractivity contribution < 1.29 is 17.7 Å². The molecule has 7 nitrogen and oxygen atoms in total. The maximum atomic E-state index is 12.9. The Morgan fingerprint density at radius 1 is 1.13 bits per heavy atom. The number of carbonyl (C=O) groups excluding carboxylic acids is 1. The number of sulfonamides is 1. The minimum Gasteiger partial charge on any atom is -0.355 e. The Balaban J connectivity index is 1.45. The van der Waals surface area contributed by atoms with Gasteiger partial charge in [0.2, 0.25) is 10.0 Å². The zero-order valence-corrected chi connectivity index (χ0v) is 18.5. The topological polar surface area (TPSA) is 92.5 Å². The molecule has 0 bridgehead atoms. The smallest absolute Gasteiger partial charge is 0.277 e. The first-order valence-electron chi connectivity index (χ1n) is 10.0. The number of piperidine rings is 1. The number of hydrogen-bond donors (Lipinski definition) is 1. The van der Waals surface area contributed by atoms with Crippen LogP contribution in [-0.2, 0) is 10.0 Å². The first kappa shape index (κ1) is 21.5. The second-order valence-corrected chi connectivity index (χ2v) is 9.85. The first-order chi connectivity index (χ1) is 14.8. The van der Waals surface area contributed by atoms with Gasteiger partial charge in [0.25, 0.3) is 5.91 Å². The molecule has 1 saturated heterocycles. The molecule has 1 aliphatic rings. The molecule has 9 heteroatoms. The van der Waals surface area contributed by atoms with Crippen molar-refractivity contribution in [2.45, 2.75) is 37.1 Å². The number of hydrogen-bond acceptors (Lipinski definition) is 5. The maximum absolute atomic E-state index is 12.9. The van der Waals surface area contributed by atoms with E-state index in [4.69, 9.17) is 16.1 Å². The van der Waals surface area contributed by atoms with Crippen LogP contribution in [0.5, 0.6) is 0 Å². The Labute approximate surface area is 186 Å². The van der Waals surface area contributed by atoms with Gasteiger partial charge in [-0.25, -0.2) is 8.42 Å². The number of anilines is 1. The summed E-state index contributed by atoms with van der Waals surface area (Å²) in [5.41, 5.74) is 1.33. The number of halogens is 1. The van der Waals surface area contributed by atoms with E-state index in [9.17, 15) is 13.2 Å². The lowest BCUT2D eigenvalue weighted by Crippen LogP contribution is -2.41. The fraction of sp³-hybridized carbons (Fsp3) is 0.273. The van der Waals surface area contributed by atoms with Gasteiger partial charge in [0.15, 0.2) is 11.5 Å². The minimum absolute atomic E-state index is 0.0138. The summed E-state index contributed by atoms with van der Waals surface area (Å²) in [5.74, 6) is -0.0110. The van der Waals surface area contributed by atoms with Crippen LogP contribution in [-0.4, -0.2) is 36.4 Å². The molecular formula is C22H22ClN3O4S. The largest absolute Gasteiger partial charge is 0.355 e. The van der Waals surface area contributed by atoms with E-state index < -0.39 is 15.9 Å². The molecule has 0 spiro atoms. The van der Waals surface area contributed by atoms with Gasteiger partial charge in [-0.3, -0.25) is 4.79 Å². The summed E-state index contributed by atoms with van der Waals surface area (Å²) in [5, 5.41) is 7.12. The predicted molar refractivity (Wildman–Crippen MR) is 119 cm³/mol. The number of nitrogens with one attached hydrogen (secondary N) is 1. The Morgan fingerprint density at radius 2 is 1.84 bits per heavy atom. The SMILES string of the molecule is CC1CCCCN1S(=O)(=O)c1ccc(NC(=O)c2cc(-c3ccc(Cl)cc3)on2)cc1. The third-order valence-electron chi connectivity index (χ3n) is 5.33. The van der Waals surface area contributed by atoms with E-state index in [0.29, 0.717) is 23.0 Å². The zero-order chi connectivity index (χ0) is 22.0. The molecule has 31 heavy (non-hydrogen) atoms. The van der Waals surface area contributed by atoms with Gasteiger partial charge in [0, 0.05) is 34.9 Å². The molecule has 0 saturated carbocycles. The van der Waals surface area contributed by atoms with Crippen LogP contribution in [0.1, 0.15) is 36.7 Å². The summed E-state index contributed by atoms with van der Waals surface area (Å²) in [6.45, 7) is 2.46. The highest BCUT2D eigenvalue weighted by Crippen LogP contribution is 2.26. The molecule has 162 valence electrons. The molecule has 1 N–H and O–H groups in total. The minimum atomic E-state index is -3.56. The summed E-state index contributed by atoms with van der Waals surface area (Å²) in [4.78, 5) is 12.7. The van der Waals surface area contributed by atoms with Crippen LogP contribution >= 0.6 is 11.6 Å². The summed E-state index contributed by atoms with van der Waals surface area (Å²) in [7, 11) is -3.56. The van der Waals surface area contributed by atoms with E-state index >= 15 is 0 Å². The molecule has 1 unspecified atom stereocenters. The van der Waals surface area contributed by atoms with Gasteiger partial charge in [-0.2, -0.15) is 4.31 Å². The second-order valence-electron chi connectivity index (χ2n) is 7.52. The molecule has 2 heterocycles. The van der Waals surface area contributed by atoms with E-state index in [1.807, 2.05) is 6.92 Å². The van der Waals surface area contributed by atoms with Gasteiger partial charge in [-0.05, 0) is 68.3 Å². The van der Waals surface area contributed by atoms with E-state index in [1.165, 1.54) is 18.2 Å². The third-order valence-corrected chi connectivity index (χ3v) is 7.61. The lowest BCUT2D eigenvalue weighted by atomic mass is 10.1. The quantitative estimate of drug-likeness (QED) is 0.591. The highest BCUT2D eigenvalue weighted by molar-refractivity contribution is 7.89. The number of benzene rings is 2.